The van der Waals surface area contributed by atoms with Gasteiger partial charge in [0.05, 0.1) is 0 Å². The maximum atomic E-state index is 13.7. The van der Waals surface area contributed by atoms with Crippen molar-refractivity contribution >= 4 is 11.4 Å². The van der Waals surface area contributed by atoms with Crippen molar-refractivity contribution in [3.8, 4) is 6.07 Å². The van der Waals surface area contributed by atoms with Crippen LogP contribution in [0.3, 0.4) is 0 Å². The first kappa shape index (κ1) is 14.9. The average Bonchev–Trinajstić information content (AvgIpc) is 3.39. The minimum absolute atomic E-state index is 0.0563. The molecule has 1 aromatic carbocycles. The minimum Gasteiger partial charge on any atom is -0.336 e. The lowest BCUT2D eigenvalue weighted by Crippen LogP contribution is -2.30. The highest BCUT2D eigenvalue weighted by Crippen LogP contribution is 2.44. The van der Waals surface area contributed by atoms with Crippen molar-refractivity contribution in [2.24, 2.45) is 0 Å². The molecule has 1 unspecified atom stereocenters. The number of rotatable bonds is 2. The SMILES string of the molecule is N#CC1=C(c2cccc(F)c2)C2=CC([O])C(=O)CC2=CN1C1CC1. The fraction of sp³-hybridized carbons (Fsp3) is 0.263. The van der Waals surface area contributed by atoms with Crippen molar-refractivity contribution in [1.29, 1.82) is 5.26 Å². The summed E-state index contributed by atoms with van der Waals surface area (Å²) in [7, 11) is 0. The second-order valence-corrected chi connectivity index (χ2v) is 6.28. The van der Waals surface area contributed by atoms with Crippen molar-refractivity contribution in [3.63, 3.8) is 0 Å². The van der Waals surface area contributed by atoms with Crippen LogP contribution in [0.5, 0.6) is 0 Å². The molecule has 0 amide bonds. The Labute approximate surface area is 138 Å². The Morgan fingerprint density at radius 3 is 2.75 bits per heavy atom. The molecule has 1 fully saturated rings. The smallest absolute Gasteiger partial charge is 0.173 e. The molecule has 24 heavy (non-hydrogen) atoms. The first-order valence-corrected chi connectivity index (χ1v) is 7.89. The Kier molecular flexibility index (Phi) is 3.36. The summed E-state index contributed by atoms with van der Waals surface area (Å²) in [6.07, 6.45) is 3.74. The molecule has 1 heterocycles. The number of fused-ring (bicyclic) bond motifs is 1. The van der Waals surface area contributed by atoms with Crippen LogP contribution in [-0.2, 0) is 9.90 Å². The van der Waals surface area contributed by atoms with E-state index in [9.17, 15) is 19.6 Å². The number of benzene rings is 1. The molecule has 1 radical (unpaired) electrons. The van der Waals surface area contributed by atoms with Crippen molar-refractivity contribution < 1.29 is 14.3 Å². The molecule has 3 aliphatic rings. The largest absolute Gasteiger partial charge is 0.336 e. The van der Waals surface area contributed by atoms with Crippen LogP contribution < -0.4 is 0 Å². The van der Waals surface area contributed by atoms with Gasteiger partial charge in [-0.25, -0.2) is 9.50 Å². The highest BCUT2D eigenvalue weighted by atomic mass is 19.1. The lowest BCUT2D eigenvalue weighted by atomic mass is 9.81. The zero-order valence-corrected chi connectivity index (χ0v) is 12.8. The van der Waals surface area contributed by atoms with Crippen molar-refractivity contribution in [1.82, 2.24) is 4.90 Å². The van der Waals surface area contributed by atoms with Gasteiger partial charge in [0, 0.05) is 24.2 Å². The third kappa shape index (κ3) is 2.36. The molecule has 1 aliphatic heterocycles. The fourth-order valence-corrected chi connectivity index (χ4v) is 3.27. The van der Waals surface area contributed by atoms with Gasteiger partial charge < -0.3 is 4.90 Å². The molecule has 0 bridgehead atoms. The number of allylic oxidation sites excluding steroid dienone is 4. The Morgan fingerprint density at radius 1 is 1.29 bits per heavy atom. The van der Waals surface area contributed by atoms with E-state index in [0.717, 1.165) is 18.4 Å². The standard InChI is InChI=1S/C19H14FN2O2/c20-13-3-1-2-11(6-13)19-15-8-18(24)17(23)7-12(15)10-22(14-4-5-14)16(19)9-21/h1-3,6,8,10,14,18H,4-5,7H2. The van der Waals surface area contributed by atoms with Gasteiger partial charge >= 0.3 is 0 Å². The number of halogens is 1. The number of nitrogens with zero attached hydrogens (tertiary/aromatic N) is 2. The van der Waals surface area contributed by atoms with Gasteiger partial charge in [0.1, 0.15) is 17.6 Å². The second-order valence-electron chi connectivity index (χ2n) is 6.28. The number of hydrogen-bond acceptors (Lipinski definition) is 3. The first-order chi connectivity index (χ1) is 11.6. The van der Waals surface area contributed by atoms with Crippen molar-refractivity contribution in [3.05, 3.63) is 64.8 Å². The molecule has 1 atom stereocenters. The second kappa shape index (κ2) is 5.43. The van der Waals surface area contributed by atoms with Crippen LogP contribution >= 0.6 is 0 Å². The predicted molar refractivity (Wildman–Crippen MR) is 84.1 cm³/mol. The molecule has 1 aromatic rings. The molecule has 0 saturated heterocycles. The topological polar surface area (TPSA) is 64.0 Å². The van der Waals surface area contributed by atoms with Crippen LogP contribution in [0, 0.1) is 17.1 Å². The number of hydrogen-bond donors (Lipinski definition) is 0. The third-order valence-electron chi connectivity index (χ3n) is 4.56. The summed E-state index contributed by atoms with van der Waals surface area (Å²) in [5.74, 6) is -0.780. The van der Waals surface area contributed by atoms with Crippen LogP contribution in [0.1, 0.15) is 24.8 Å². The number of ketones is 1. The lowest BCUT2D eigenvalue weighted by Gasteiger charge is -2.32. The molecular formula is C19H14FN2O2. The monoisotopic (exact) mass is 321 g/mol. The summed E-state index contributed by atoms with van der Waals surface area (Å²) >= 11 is 0. The van der Waals surface area contributed by atoms with Gasteiger partial charge in [-0.1, -0.05) is 12.1 Å². The van der Waals surface area contributed by atoms with Crippen LogP contribution in [-0.4, -0.2) is 22.8 Å². The van der Waals surface area contributed by atoms with Crippen LogP contribution in [0.15, 0.2) is 53.4 Å². The van der Waals surface area contributed by atoms with Crippen LogP contribution in [0.25, 0.3) is 5.57 Å². The molecular weight excluding hydrogens is 307 g/mol. The van der Waals surface area contributed by atoms with Gasteiger partial charge in [0.15, 0.2) is 11.9 Å². The Bertz CT molecular complexity index is 872. The van der Waals surface area contributed by atoms with Gasteiger partial charge in [-0.05, 0) is 47.8 Å². The number of carbonyl (C=O) groups is 1. The first-order valence-electron chi connectivity index (χ1n) is 7.89. The van der Waals surface area contributed by atoms with E-state index in [-0.39, 0.29) is 18.2 Å². The van der Waals surface area contributed by atoms with Crippen LogP contribution in [0.2, 0.25) is 0 Å². The summed E-state index contributed by atoms with van der Waals surface area (Å²) in [5, 5.41) is 21.7. The Morgan fingerprint density at radius 2 is 2.08 bits per heavy atom. The zero-order chi connectivity index (χ0) is 16.8. The quantitative estimate of drug-likeness (QED) is 0.840. The van der Waals surface area contributed by atoms with Gasteiger partial charge in [-0.3, -0.25) is 4.79 Å². The Hall–Kier alpha value is -2.71. The van der Waals surface area contributed by atoms with Gasteiger partial charge in [0.2, 0.25) is 0 Å². The maximum Gasteiger partial charge on any atom is 0.173 e. The third-order valence-corrected chi connectivity index (χ3v) is 4.56. The van der Waals surface area contributed by atoms with Crippen molar-refractivity contribution in [2.75, 3.05) is 0 Å². The molecule has 4 rings (SSSR count). The van der Waals surface area contributed by atoms with E-state index in [1.165, 1.54) is 18.2 Å². The number of nitriles is 1. The number of carbonyl (C=O) groups excluding carboxylic acids is 1. The molecule has 4 nitrogen and oxygen atoms in total. The molecule has 0 N–H and O–H groups in total. The van der Waals surface area contributed by atoms with E-state index in [0.29, 0.717) is 22.4 Å². The van der Waals surface area contributed by atoms with E-state index >= 15 is 0 Å². The average molecular weight is 321 g/mol. The molecule has 0 aromatic heterocycles. The van der Waals surface area contributed by atoms with E-state index in [1.807, 2.05) is 11.1 Å². The highest BCUT2D eigenvalue weighted by molar-refractivity contribution is 5.97. The molecule has 5 heteroatoms. The fourth-order valence-electron chi connectivity index (χ4n) is 3.27. The maximum absolute atomic E-state index is 13.7. The summed E-state index contributed by atoms with van der Waals surface area (Å²) in [6.45, 7) is 0. The summed E-state index contributed by atoms with van der Waals surface area (Å²) in [6, 6.07) is 8.44. The minimum atomic E-state index is -1.44. The summed E-state index contributed by atoms with van der Waals surface area (Å²) in [5.41, 5.74) is 2.84. The van der Waals surface area contributed by atoms with Gasteiger partial charge in [-0.2, -0.15) is 5.26 Å². The molecule has 0 spiro atoms. The highest BCUT2D eigenvalue weighted by Gasteiger charge is 2.38. The molecule has 1 saturated carbocycles. The summed E-state index contributed by atoms with van der Waals surface area (Å²) in [4.78, 5) is 13.7. The van der Waals surface area contributed by atoms with E-state index < -0.39 is 11.9 Å². The normalized spacial score (nSPS) is 23.5. The van der Waals surface area contributed by atoms with E-state index in [2.05, 4.69) is 6.07 Å². The molecule has 2 aliphatic carbocycles. The lowest BCUT2D eigenvalue weighted by molar-refractivity contribution is -0.127. The van der Waals surface area contributed by atoms with Gasteiger partial charge in [0.25, 0.3) is 0 Å². The van der Waals surface area contributed by atoms with Gasteiger partial charge in [-0.15, -0.1) is 0 Å². The number of Topliss-reactive ketones (excluding diaryl/α,β-unsaturated/α-hetero) is 1. The van der Waals surface area contributed by atoms with E-state index in [4.69, 9.17) is 0 Å². The predicted octanol–water partition coefficient (Wildman–Crippen LogP) is 3.12. The zero-order valence-electron chi connectivity index (χ0n) is 12.8. The van der Waals surface area contributed by atoms with Crippen LogP contribution in [0.4, 0.5) is 4.39 Å². The van der Waals surface area contributed by atoms with E-state index in [1.54, 1.807) is 12.1 Å². The summed E-state index contributed by atoms with van der Waals surface area (Å²) < 4.78 is 13.7. The van der Waals surface area contributed by atoms with Crippen molar-refractivity contribution in [2.45, 2.75) is 31.4 Å². The Balaban J connectivity index is 1.95. The molecule has 119 valence electrons.